The molecule has 0 bridgehead atoms. The van der Waals surface area contributed by atoms with E-state index in [9.17, 15) is 4.79 Å². The van der Waals surface area contributed by atoms with E-state index >= 15 is 0 Å². The summed E-state index contributed by atoms with van der Waals surface area (Å²) in [6, 6.07) is 15.0. The van der Waals surface area contributed by atoms with E-state index in [0.717, 1.165) is 20.6 Å². The summed E-state index contributed by atoms with van der Waals surface area (Å²) >= 11 is 2.16. The van der Waals surface area contributed by atoms with Crippen molar-refractivity contribution in [2.24, 2.45) is 7.05 Å². The fourth-order valence-corrected chi connectivity index (χ4v) is 2.76. The van der Waals surface area contributed by atoms with E-state index in [0.29, 0.717) is 5.56 Å². The Balaban J connectivity index is 1.86. The number of amides is 1. The van der Waals surface area contributed by atoms with Crippen LogP contribution in [0.2, 0.25) is 0 Å². The quantitative estimate of drug-likeness (QED) is 0.682. The van der Waals surface area contributed by atoms with Crippen LogP contribution in [0.1, 0.15) is 10.4 Å². The molecule has 3 aromatic rings. The van der Waals surface area contributed by atoms with Gasteiger partial charge in [0.15, 0.2) is 5.82 Å². The number of nitrogens with zero attached hydrogens (tertiary/aromatic N) is 3. The minimum absolute atomic E-state index is 0.125. The lowest BCUT2D eigenvalue weighted by Crippen LogP contribution is -2.13. The van der Waals surface area contributed by atoms with Gasteiger partial charge >= 0.3 is 0 Å². The molecule has 0 atom stereocenters. The van der Waals surface area contributed by atoms with Crippen LogP contribution in [0, 0.1) is 3.57 Å². The third kappa shape index (κ3) is 3.01. The molecule has 110 valence electrons. The number of aromatic nitrogens is 3. The van der Waals surface area contributed by atoms with Gasteiger partial charge < -0.3 is 9.88 Å². The summed E-state index contributed by atoms with van der Waals surface area (Å²) in [5.74, 6) is 0.630. The number of nitrogens with one attached hydrogen (secondary N) is 1. The average molecular weight is 404 g/mol. The van der Waals surface area contributed by atoms with Crippen molar-refractivity contribution in [2.45, 2.75) is 0 Å². The standard InChI is InChI=1S/C16H13IN4O/c1-21-10-18-20-15(21)11-5-4-6-12(9-11)19-16(22)13-7-2-3-8-14(13)17/h2-10H,1H3,(H,19,22). The van der Waals surface area contributed by atoms with Gasteiger partial charge in [0, 0.05) is 21.9 Å². The Bertz CT molecular complexity index is 828. The summed E-state index contributed by atoms with van der Waals surface area (Å²) < 4.78 is 2.75. The first kappa shape index (κ1) is 14.7. The van der Waals surface area contributed by atoms with Gasteiger partial charge in [-0.25, -0.2) is 0 Å². The molecule has 1 aromatic heterocycles. The van der Waals surface area contributed by atoms with Crippen molar-refractivity contribution in [2.75, 3.05) is 5.32 Å². The number of benzene rings is 2. The Kier molecular flexibility index (Phi) is 4.19. The predicted molar refractivity (Wildman–Crippen MR) is 93.6 cm³/mol. The molecule has 22 heavy (non-hydrogen) atoms. The van der Waals surface area contributed by atoms with E-state index in [1.54, 1.807) is 6.33 Å². The number of carbonyl (C=O) groups excluding carboxylic acids is 1. The first-order chi connectivity index (χ1) is 10.6. The lowest BCUT2D eigenvalue weighted by molar-refractivity contribution is 0.102. The van der Waals surface area contributed by atoms with Crippen molar-refractivity contribution in [1.29, 1.82) is 0 Å². The van der Waals surface area contributed by atoms with Crippen LogP contribution in [0.5, 0.6) is 0 Å². The fraction of sp³-hybridized carbons (Fsp3) is 0.0625. The minimum atomic E-state index is -0.125. The number of carbonyl (C=O) groups is 1. The summed E-state index contributed by atoms with van der Waals surface area (Å²) in [6.07, 6.45) is 1.65. The highest BCUT2D eigenvalue weighted by Crippen LogP contribution is 2.21. The van der Waals surface area contributed by atoms with Crippen LogP contribution in [0.15, 0.2) is 54.9 Å². The highest BCUT2D eigenvalue weighted by atomic mass is 127. The maximum atomic E-state index is 12.4. The molecule has 0 aliphatic rings. The van der Waals surface area contributed by atoms with Crippen LogP contribution in [0.4, 0.5) is 5.69 Å². The van der Waals surface area contributed by atoms with Crippen molar-refractivity contribution < 1.29 is 4.79 Å². The molecule has 1 heterocycles. The maximum absolute atomic E-state index is 12.4. The zero-order chi connectivity index (χ0) is 15.5. The highest BCUT2D eigenvalue weighted by Gasteiger charge is 2.11. The number of hydrogen-bond acceptors (Lipinski definition) is 3. The number of aryl methyl sites for hydroxylation is 1. The smallest absolute Gasteiger partial charge is 0.256 e. The van der Waals surface area contributed by atoms with Gasteiger partial charge in [-0.15, -0.1) is 10.2 Å². The van der Waals surface area contributed by atoms with Crippen LogP contribution in [0.25, 0.3) is 11.4 Å². The van der Waals surface area contributed by atoms with E-state index in [-0.39, 0.29) is 5.91 Å². The molecule has 0 unspecified atom stereocenters. The normalized spacial score (nSPS) is 10.5. The summed E-state index contributed by atoms with van der Waals surface area (Å²) in [5.41, 5.74) is 2.29. The second kappa shape index (κ2) is 6.27. The minimum Gasteiger partial charge on any atom is -0.322 e. The molecule has 2 aromatic carbocycles. The zero-order valence-corrected chi connectivity index (χ0v) is 14.0. The number of halogens is 1. The molecule has 0 spiro atoms. The lowest BCUT2D eigenvalue weighted by atomic mass is 10.1. The van der Waals surface area contributed by atoms with E-state index in [1.807, 2.05) is 60.1 Å². The molecule has 1 N–H and O–H groups in total. The van der Waals surface area contributed by atoms with Gasteiger partial charge in [0.25, 0.3) is 5.91 Å². The van der Waals surface area contributed by atoms with Gasteiger partial charge in [-0.1, -0.05) is 24.3 Å². The largest absolute Gasteiger partial charge is 0.322 e. The summed E-state index contributed by atoms with van der Waals surface area (Å²) in [4.78, 5) is 12.4. The van der Waals surface area contributed by atoms with Gasteiger partial charge in [0.2, 0.25) is 0 Å². The monoisotopic (exact) mass is 404 g/mol. The van der Waals surface area contributed by atoms with Crippen LogP contribution >= 0.6 is 22.6 Å². The SMILES string of the molecule is Cn1cnnc1-c1cccc(NC(=O)c2ccccc2I)c1. The fourth-order valence-electron chi connectivity index (χ4n) is 2.12. The van der Waals surface area contributed by atoms with E-state index < -0.39 is 0 Å². The topological polar surface area (TPSA) is 59.8 Å². The molecule has 5 nitrogen and oxygen atoms in total. The molecular weight excluding hydrogens is 391 g/mol. The maximum Gasteiger partial charge on any atom is 0.256 e. The van der Waals surface area contributed by atoms with Gasteiger partial charge in [0.1, 0.15) is 6.33 Å². The van der Waals surface area contributed by atoms with Crippen molar-refractivity contribution in [1.82, 2.24) is 14.8 Å². The Morgan fingerprint density at radius 1 is 1.18 bits per heavy atom. The summed E-state index contributed by atoms with van der Waals surface area (Å²) in [7, 11) is 1.88. The van der Waals surface area contributed by atoms with Crippen LogP contribution in [0.3, 0.4) is 0 Å². The van der Waals surface area contributed by atoms with E-state index in [4.69, 9.17) is 0 Å². The lowest BCUT2D eigenvalue weighted by Gasteiger charge is -2.08. The molecule has 6 heteroatoms. The van der Waals surface area contributed by atoms with Crippen molar-refractivity contribution >= 4 is 34.2 Å². The van der Waals surface area contributed by atoms with E-state index in [2.05, 4.69) is 38.1 Å². The summed E-state index contributed by atoms with van der Waals surface area (Å²) in [5, 5.41) is 10.9. The van der Waals surface area contributed by atoms with Crippen LogP contribution in [-0.4, -0.2) is 20.7 Å². The third-order valence-electron chi connectivity index (χ3n) is 3.21. The molecule has 0 fully saturated rings. The Labute approximate surface area is 141 Å². The molecule has 0 saturated carbocycles. The van der Waals surface area contributed by atoms with Gasteiger partial charge in [-0.05, 0) is 46.9 Å². The first-order valence-corrected chi connectivity index (χ1v) is 7.73. The Hall–Kier alpha value is -2.22. The van der Waals surface area contributed by atoms with Crippen LogP contribution < -0.4 is 5.32 Å². The van der Waals surface area contributed by atoms with Crippen molar-refractivity contribution in [3.63, 3.8) is 0 Å². The Morgan fingerprint density at radius 2 is 2.00 bits per heavy atom. The van der Waals surface area contributed by atoms with Gasteiger partial charge in [0.05, 0.1) is 5.56 Å². The van der Waals surface area contributed by atoms with Gasteiger partial charge in [-0.3, -0.25) is 4.79 Å². The van der Waals surface area contributed by atoms with Crippen molar-refractivity contribution in [3.8, 4) is 11.4 Å². The van der Waals surface area contributed by atoms with Gasteiger partial charge in [-0.2, -0.15) is 0 Å². The average Bonchev–Trinajstić information content (AvgIpc) is 2.94. The predicted octanol–water partition coefficient (Wildman–Crippen LogP) is 3.34. The molecule has 3 rings (SSSR count). The number of hydrogen-bond donors (Lipinski definition) is 1. The highest BCUT2D eigenvalue weighted by molar-refractivity contribution is 14.1. The van der Waals surface area contributed by atoms with E-state index in [1.165, 1.54) is 0 Å². The molecular formula is C16H13IN4O. The second-order valence-electron chi connectivity index (χ2n) is 4.78. The zero-order valence-electron chi connectivity index (χ0n) is 11.8. The Morgan fingerprint density at radius 3 is 2.73 bits per heavy atom. The molecule has 0 aliphatic carbocycles. The van der Waals surface area contributed by atoms with Crippen LogP contribution in [-0.2, 0) is 7.05 Å². The molecule has 0 radical (unpaired) electrons. The molecule has 0 saturated heterocycles. The summed E-state index contributed by atoms with van der Waals surface area (Å²) in [6.45, 7) is 0. The first-order valence-electron chi connectivity index (χ1n) is 6.65. The second-order valence-corrected chi connectivity index (χ2v) is 5.94. The van der Waals surface area contributed by atoms with Crippen molar-refractivity contribution in [3.05, 3.63) is 64.0 Å². The third-order valence-corrected chi connectivity index (χ3v) is 4.15. The molecule has 0 aliphatic heterocycles. The molecule has 1 amide bonds. The number of anilines is 1. The number of rotatable bonds is 3.